The fourth-order valence-electron chi connectivity index (χ4n) is 2.35. The highest BCUT2D eigenvalue weighted by molar-refractivity contribution is 9.10. The number of nitrogens with zero attached hydrogens (tertiary/aromatic N) is 1. The van der Waals surface area contributed by atoms with Crippen LogP contribution < -0.4 is 0 Å². The molecule has 1 heterocycles. The Kier molecular flexibility index (Phi) is 4.94. The van der Waals surface area contributed by atoms with Crippen molar-refractivity contribution < 1.29 is 13.9 Å². The van der Waals surface area contributed by atoms with Crippen LogP contribution in [0.15, 0.2) is 22.7 Å². The molecular weight excluding hydrogens is 325 g/mol. The number of rotatable bonds is 4. The monoisotopic (exact) mass is 343 g/mol. The van der Waals surface area contributed by atoms with Crippen LogP contribution in [0.4, 0.5) is 4.39 Å². The summed E-state index contributed by atoms with van der Waals surface area (Å²) in [7, 11) is 0. The molecular formula is C15H19BrFNO2. The van der Waals surface area contributed by atoms with Crippen LogP contribution in [-0.4, -0.2) is 42.5 Å². The SMILES string of the molecule is CC(C)(C(=O)Cc1ccc(F)cc1Br)N1CCOCC1. The lowest BCUT2D eigenvalue weighted by atomic mass is 9.91. The van der Waals surface area contributed by atoms with Crippen molar-refractivity contribution in [3.05, 3.63) is 34.1 Å². The predicted octanol–water partition coefficient (Wildman–Crippen LogP) is 2.81. The van der Waals surface area contributed by atoms with Crippen LogP contribution in [-0.2, 0) is 16.0 Å². The van der Waals surface area contributed by atoms with Gasteiger partial charge in [0.1, 0.15) is 5.82 Å². The number of halogens is 2. The molecule has 0 N–H and O–H groups in total. The van der Waals surface area contributed by atoms with Gasteiger partial charge in [0.15, 0.2) is 5.78 Å². The molecule has 5 heteroatoms. The van der Waals surface area contributed by atoms with Gasteiger partial charge in [-0.3, -0.25) is 9.69 Å². The van der Waals surface area contributed by atoms with Crippen molar-refractivity contribution in [2.45, 2.75) is 25.8 Å². The van der Waals surface area contributed by atoms with Gasteiger partial charge in [-0.25, -0.2) is 4.39 Å². The molecule has 20 heavy (non-hydrogen) atoms. The second-order valence-electron chi connectivity index (χ2n) is 5.49. The summed E-state index contributed by atoms with van der Waals surface area (Å²) in [5.74, 6) is -0.174. The van der Waals surface area contributed by atoms with E-state index in [0.29, 0.717) is 24.1 Å². The van der Waals surface area contributed by atoms with Gasteiger partial charge in [-0.15, -0.1) is 0 Å². The van der Waals surface area contributed by atoms with Crippen LogP contribution in [0, 0.1) is 5.82 Å². The summed E-state index contributed by atoms with van der Waals surface area (Å²) >= 11 is 3.31. The van der Waals surface area contributed by atoms with Crippen LogP contribution in [0.5, 0.6) is 0 Å². The average Bonchev–Trinajstić information content (AvgIpc) is 2.42. The van der Waals surface area contributed by atoms with E-state index in [2.05, 4.69) is 20.8 Å². The highest BCUT2D eigenvalue weighted by Gasteiger charge is 2.35. The first-order valence-electron chi connectivity index (χ1n) is 6.71. The maximum absolute atomic E-state index is 13.1. The van der Waals surface area contributed by atoms with Gasteiger partial charge in [-0.2, -0.15) is 0 Å². The molecule has 0 saturated carbocycles. The molecule has 3 nitrogen and oxygen atoms in total. The molecule has 0 radical (unpaired) electrons. The molecule has 0 amide bonds. The van der Waals surface area contributed by atoms with E-state index in [9.17, 15) is 9.18 Å². The zero-order chi connectivity index (χ0) is 14.8. The van der Waals surface area contributed by atoms with Crippen LogP contribution in [0.3, 0.4) is 0 Å². The summed E-state index contributed by atoms with van der Waals surface area (Å²) in [5.41, 5.74) is 0.287. The summed E-state index contributed by atoms with van der Waals surface area (Å²) < 4.78 is 19.0. The van der Waals surface area contributed by atoms with Gasteiger partial charge in [0.05, 0.1) is 18.8 Å². The van der Waals surface area contributed by atoms with Crippen LogP contribution in [0.25, 0.3) is 0 Å². The second-order valence-corrected chi connectivity index (χ2v) is 6.35. The lowest BCUT2D eigenvalue weighted by Crippen LogP contribution is -2.54. The number of benzene rings is 1. The van der Waals surface area contributed by atoms with Gasteiger partial charge in [0, 0.05) is 24.0 Å². The number of carbonyl (C=O) groups is 1. The number of Topliss-reactive ketones (excluding diaryl/α,β-unsaturated/α-hetero) is 1. The van der Waals surface area contributed by atoms with Crippen molar-refractivity contribution in [3.63, 3.8) is 0 Å². The molecule has 110 valence electrons. The van der Waals surface area contributed by atoms with Crippen LogP contribution in [0.2, 0.25) is 0 Å². The third-order valence-corrected chi connectivity index (χ3v) is 4.59. The van der Waals surface area contributed by atoms with E-state index >= 15 is 0 Å². The van der Waals surface area contributed by atoms with E-state index < -0.39 is 5.54 Å². The number of carbonyl (C=O) groups excluding carboxylic acids is 1. The molecule has 0 aromatic heterocycles. The van der Waals surface area contributed by atoms with E-state index in [-0.39, 0.29) is 11.6 Å². The third-order valence-electron chi connectivity index (χ3n) is 3.85. The first-order valence-corrected chi connectivity index (χ1v) is 7.50. The predicted molar refractivity (Wildman–Crippen MR) is 79.3 cm³/mol. The molecule has 1 aromatic carbocycles. The molecule has 0 aliphatic carbocycles. The summed E-state index contributed by atoms with van der Waals surface area (Å²) in [4.78, 5) is 14.7. The number of hydrogen-bond donors (Lipinski definition) is 0. The highest BCUT2D eigenvalue weighted by atomic mass is 79.9. The number of ether oxygens (including phenoxy) is 1. The molecule has 1 aliphatic rings. The van der Waals surface area contributed by atoms with Gasteiger partial charge in [0.2, 0.25) is 0 Å². The Labute approximate surface area is 127 Å². The Balaban J connectivity index is 2.09. The van der Waals surface area contributed by atoms with E-state index in [0.717, 1.165) is 18.7 Å². The molecule has 0 atom stereocenters. The minimum absolute atomic E-state index is 0.131. The maximum Gasteiger partial charge on any atom is 0.156 e. The van der Waals surface area contributed by atoms with Gasteiger partial charge >= 0.3 is 0 Å². The molecule has 1 saturated heterocycles. The Morgan fingerprint density at radius 1 is 1.40 bits per heavy atom. The lowest BCUT2D eigenvalue weighted by molar-refractivity contribution is -0.131. The van der Waals surface area contributed by atoms with E-state index in [4.69, 9.17) is 4.74 Å². The maximum atomic E-state index is 13.1. The minimum Gasteiger partial charge on any atom is -0.379 e. The molecule has 0 bridgehead atoms. The number of hydrogen-bond acceptors (Lipinski definition) is 3. The van der Waals surface area contributed by atoms with Crippen molar-refractivity contribution in [2.75, 3.05) is 26.3 Å². The summed E-state index contributed by atoms with van der Waals surface area (Å²) in [5, 5.41) is 0. The summed E-state index contributed by atoms with van der Waals surface area (Å²) in [6.45, 7) is 6.75. The number of morpholine rings is 1. The van der Waals surface area contributed by atoms with E-state index in [1.807, 2.05) is 13.8 Å². The Morgan fingerprint density at radius 3 is 2.65 bits per heavy atom. The quantitative estimate of drug-likeness (QED) is 0.841. The van der Waals surface area contributed by atoms with Crippen LogP contribution in [0.1, 0.15) is 19.4 Å². The second kappa shape index (κ2) is 6.33. The molecule has 0 spiro atoms. The van der Waals surface area contributed by atoms with Crippen LogP contribution >= 0.6 is 15.9 Å². The lowest BCUT2D eigenvalue weighted by Gasteiger charge is -2.39. The van der Waals surface area contributed by atoms with Crippen molar-refractivity contribution in [3.8, 4) is 0 Å². The van der Waals surface area contributed by atoms with Crippen molar-refractivity contribution in [1.82, 2.24) is 4.90 Å². The average molecular weight is 344 g/mol. The standard InChI is InChI=1S/C15H19BrFNO2/c1-15(2,18-5-7-20-8-6-18)14(19)9-11-3-4-12(17)10-13(11)16/h3-4,10H,5-9H2,1-2H3. The third kappa shape index (κ3) is 3.45. The molecule has 2 rings (SSSR count). The number of ketones is 1. The zero-order valence-electron chi connectivity index (χ0n) is 11.8. The van der Waals surface area contributed by atoms with Crippen molar-refractivity contribution >= 4 is 21.7 Å². The minimum atomic E-state index is -0.530. The molecule has 1 aromatic rings. The van der Waals surface area contributed by atoms with Gasteiger partial charge in [-0.1, -0.05) is 22.0 Å². The fourth-order valence-corrected chi connectivity index (χ4v) is 2.84. The van der Waals surface area contributed by atoms with E-state index in [1.54, 1.807) is 6.07 Å². The van der Waals surface area contributed by atoms with Crippen molar-refractivity contribution in [1.29, 1.82) is 0 Å². The topological polar surface area (TPSA) is 29.5 Å². The van der Waals surface area contributed by atoms with Gasteiger partial charge in [-0.05, 0) is 31.5 Å². The first-order chi connectivity index (χ1) is 9.41. The smallest absolute Gasteiger partial charge is 0.156 e. The normalized spacial score (nSPS) is 17.2. The molecule has 0 unspecified atom stereocenters. The highest BCUT2D eigenvalue weighted by Crippen LogP contribution is 2.23. The van der Waals surface area contributed by atoms with Crippen molar-refractivity contribution in [2.24, 2.45) is 0 Å². The Bertz CT molecular complexity index is 499. The van der Waals surface area contributed by atoms with Gasteiger partial charge < -0.3 is 4.74 Å². The largest absolute Gasteiger partial charge is 0.379 e. The summed E-state index contributed by atoms with van der Waals surface area (Å²) in [6.07, 6.45) is 0.297. The molecule has 1 aliphatic heterocycles. The Hall–Kier alpha value is -0.780. The van der Waals surface area contributed by atoms with Gasteiger partial charge in [0.25, 0.3) is 0 Å². The molecule has 1 fully saturated rings. The van der Waals surface area contributed by atoms with E-state index in [1.165, 1.54) is 12.1 Å². The summed E-state index contributed by atoms with van der Waals surface area (Å²) in [6, 6.07) is 4.44. The zero-order valence-corrected chi connectivity index (χ0v) is 13.4. The first kappa shape index (κ1) is 15.6. The fraction of sp³-hybridized carbons (Fsp3) is 0.533. The Morgan fingerprint density at radius 2 is 2.05 bits per heavy atom.